The molecule has 9 aromatic rings. The Morgan fingerprint density at radius 2 is 0.746 bits per heavy atom. The van der Waals surface area contributed by atoms with E-state index in [-0.39, 0.29) is 5.41 Å². The molecule has 5 aliphatic rings. The lowest BCUT2D eigenvalue weighted by atomic mass is 9.70. The highest BCUT2D eigenvalue weighted by molar-refractivity contribution is 5.98. The molecule has 0 saturated heterocycles. The number of hydrogen-bond acceptors (Lipinski definition) is 2. The highest BCUT2D eigenvalue weighted by Crippen LogP contribution is 2.64. The van der Waals surface area contributed by atoms with E-state index in [1.54, 1.807) is 0 Å². The fourth-order valence-corrected chi connectivity index (χ4v) is 13.8. The second-order valence-electron chi connectivity index (χ2n) is 20.4. The molecular formula is C65H52N2. The zero-order chi connectivity index (χ0) is 44.4. The fraction of sp³-hybridized carbons (Fsp3) is 0.169. The maximum Gasteiger partial charge on any atom is 0.0727 e. The number of para-hydroxylation sites is 2. The third-order valence-electron chi connectivity index (χ3n) is 16.7. The molecule has 0 N–H and O–H groups in total. The van der Waals surface area contributed by atoms with Gasteiger partial charge in [-0.2, -0.15) is 0 Å². The quantitative estimate of drug-likeness (QED) is 0.158. The summed E-state index contributed by atoms with van der Waals surface area (Å²) >= 11 is 0. The number of fused-ring (bicyclic) bond motifs is 15. The minimum atomic E-state index is -0.540. The summed E-state index contributed by atoms with van der Waals surface area (Å²) in [5.74, 6) is 2.44. The Labute approximate surface area is 394 Å². The molecule has 5 aliphatic carbocycles. The van der Waals surface area contributed by atoms with Gasteiger partial charge in [0.1, 0.15) is 0 Å². The summed E-state index contributed by atoms with van der Waals surface area (Å²) in [6, 6.07) is 80.6. The van der Waals surface area contributed by atoms with E-state index in [0.717, 1.165) is 28.9 Å². The molecule has 4 unspecified atom stereocenters. The van der Waals surface area contributed by atoms with Crippen molar-refractivity contribution in [2.24, 2.45) is 11.8 Å². The first-order valence-corrected chi connectivity index (χ1v) is 24.5. The highest BCUT2D eigenvalue weighted by atomic mass is 15.1. The Morgan fingerprint density at radius 1 is 0.343 bits per heavy atom. The first-order valence-electron chi connectivity index (χ1n) is 24.5. The van der Waals surface area contributed by atoms with Crippen LogP contribution in [0.5, 0.6) is 0 Å². The zero-order valence-electron chi connectivity index (χ0n) is 38.2. The highest BCUT2D eigenvalue weighted by Gasteiger charge is 2.52. The van der Waals surface area contributed by atoms with Crippen molar-refractivity contribution in [1.29, 1.82) is 0 Å². The summed E-state index contributed by atoms with van der Waals surface area (Å²) in [7, 11) is 0. The van der Waals surface area contributed by atoms with E-state index in [1.807, 2.05) is 0 Å². The van der Waals surface area contributed by atoms with Gasteiger partial charge in [-0.3, -0.25) is 0 Å². The van der Waals surface area contributed by atoms with Crippen LogP contribution >= 0.6 is 0 Å². The largest absolute Gasteiger partial charge is 0.310 e. The normalized spacial score (nSPS) is 20.5. The minimum absolute atomic E-state index is 0.120. The van der Waals surface area contributed by atoms with Gasteiger partial charge in [-0.05, 0) is 182 Å². The minimum Gasteiger partial charge on any atom is -0.310 e. The summed E-state index contributed by atoms with van der Waals surface area (Å²) in [4.78, 5) is 4.95. The maximum atomic E-state index is 2.55. The Balaban J connectivity index is 0.985. The SMILES string of the molecule is CC1(C)c2ccccc2-c2ccc(N(c3ccc(C4CC5CCC4C5)cc3)c3ccc4c(c3)C3(c5ccccc5-c5ccc(N(c6ccccc6)c6ccccc6)cc53)c3ccccc3-4)cc21. The lowest BCUT2D eigenvalue weighted by molar-refractivity contribution is 0.420. The second kappa shape index (κ2) is 14.5. The fourth-order valence-electron chi connectivity index (χ4n) is 13.8. The summed E-state index contributed by atoms with van der Waals surface area (Å²) in [6.07, 6.45) is 5.57. The smallest absolute Gasteiger partial charge is 0.0727 e. The molecule has 0 aromatic heterocycles. The molecule has 0 amide bonds. The number of rotatable bonds is 7. The van der Waals surface area contributed by atoms with Crippen molar-refractivity contribution in [2.45, 2.75) is 56.3 Å². The monoisotopic (exact) mass is 860 g/mol. The van der Waals surface area contributed by atoms with E-state index < -0.39 is 5.41 Å². The molecule has 67 heavy (non-hydrogen) atoms. The van der Waals surface area contributed by atoms with Gasteiger partial charge < -0.3 is 9.80 Å². The lowest BCUT2D eigenvalue weighted by Gasteiger charge is -2.33. The molecule has 14 rings (SSSR count). The standard InChI is InChI=1S/C65H52N2/c1-64(2)58-22-12-9-19-51(58)54-34-31-48(39-61(54)64)67(47-29-27-43(28-30-47)57-38-42-25-26-44(57)37-42)50-33-36-56-53-21-11-14-24-60(53)65(63(56)41-50)59-23-13-10-20-52(59)55-35-32-49(40-62(55)65)66(45-15-5-3-6-16-45)46-17-7-4-8-18-46/h3-24,27-36,39-42,44,57H,25-26,37-38H2,1-2H3. The molecule has 2 heteroatoms. The van der Waals surface area contributed by atoms with Gasteiger partial charge in [-0.15, -0.1) is 0 Å². The van der Waals surface area contributed by atoms with Crippen LogP contribution in [0, 0.1) is 11.8 Å². The van der Waals surface area contributed by atoms with Gasteiger partial charge in [-0.1, -0.05) is 160 Å². The topological polar surface area (TPSA) is 6.48 Å². The van der Waals surface area contributed by atoms with Crippen LogP contribution in [-0.2, 0) is 10.8 Å². The van der Waals surface area contributed by atoms with Gasteiger partial charge in [0.05, 0.1) is 5.41 Å². The van der Waals surface area contributed by atoms with E-state index in [9.17, 15) is 0 Å². The molecule has 2 saturated carbocycles. The van der Waals surface area contributed by atoms with Crippen molar-refractivity contribution in [1.82, 2.24) is 0 Å². The number of nitrogens with zero attached hydrogens (tertiary/aromatic N) is 2. The number of benzene rings is 9. The summed E-state index contributed by atoms with van der Waals surface area (Å²) in [6.45, 7) is 4.79. The molecule has 4 atom stereocenters. The Kier molecular flexibility index (Phi) is 8.42. The van der Waals surface area contributed by atoms with Crippen LogP contribution in [-0.4, -0.2) is 0 Å². The van der Waals surface area contributed by atoms with Gasteiger partial charge in [0.2, 0.25) is 0 Å². The van der Waals surface area contributed by atoms with Gasteiger partial charge in [0, 0.05) is 39.5 Å². The molecule has 0 aliphatic heterocycles. The van der Waals surface area contributed by atoms with Crippen LogP contribution in [0.3, 0.4) is 0 Å². The molecule has 0 radical (unpaired) electrons. The predicted molar refractivity (Wildman–Crippen MR) is 278 cm³/mol. The van der Waals surface area contributed by atoms with Crippen molar-refractivity contribution in [3.05, 3.63) is 251 Å². The zero-order valence-corrected chi connectivity index (χ0v) is 38.2. The second-order valence-corrected chi connectivity index (χ2v) is 20.4. The number of anilines is 6. The van der Waals surface area contributed by atoms with E-state index in [4.69, 9.17) is 0 Å². The lowest BCUT2D eigenvalue weighted by Crippen LogP contribution is -2.26. The van der Waals surface area contributed by atoms with Crippen molar-refractivity contribution in [2.75, 3.05) is 9.80 Å². The van der Waals surface area contributed by atoms with E-state index >= 15 is 0 Å². The molecule has 2 fully saturated rings. The van der Waals surface area contributed by atoms with Crippen LogP contribution in [0.2, 0.25) is 0 Å². The van der Waals surface area contributed by atoms with Crippen LogP contribution in [0.1, 0.15) is 84.4 Å². The predicted octanol–water partition coefficient (Wildman–Crippen LogP) is 17.2. The van der Waals surface area contributed by atoms with Gasteiger partial charge in [0.15, 0.2) is 0 Å². The van der Waals surface area contributed by atoms with Crippen LogP contribution in [0.15, 0.2) is 212 Å². The molecule has 322 valence electrons. The average Bonchev–Trinajstić information content (AvgIpc) is 4.19. The molecule has 2 nitrogen and oxygen atoms in total. The molecule has 2 bridgehead atoms. The van der Waals surface area contributed by atoms with Gasteiger partial charge in [0.25, 0.3) is 0 Å². The third-order valence-corrected chi connectivity index (χ3v) is 16.7. The Bertz CT molecular complexity index is 3370. The van der Waals surface area contributed by atoms with Crippen LogP contribution in [0.4, 0.5) is 34.1 Å². The summed E-state index contributed by atoms with van der Waals surface area (Å²) in [5, 5.41) is 0. The van der Waals surface area contributed by atoms with E-state index in [1.165, 1.54) is 115 Å². The van der Waals surface area contributed by atoms with Crippen LogP contribution < -0.4 is 9.80 Å². The third kappa shape index (κ3) is 5.56. The van der Waals surface area contributed by atoms with Crippen LogP contribution in [0.25, 0.3) is 33.4 Å². The first-order chi connectivity index (χ1) is 33.0. The number of hydrogen-bond donors (Lipinski definition) is 0. The molecule has 0 heterocycles. The Morgan fingerprint density at radius 3 is 1.25 bits per heavy atom. The van der Waals surface area contributed by atoms with E-state index in [0.29, 0.717) is 5.92 Å². The Hall–Kier alpha value is -7.42. The summed E-state index contributed by atoms with van der Waals surface area (Å²) < 4.78 is 0. The molecule has 1 spiro atoms. The average molecular weight is 861 g/mol. The van der Waals surface area contributed by atoms with Crippen molar-refractivity contribution < 1.29 is 0 Å². The van der Waals surface area contributed by atoms with Gasteiger partial charge in [-0.25, -0.2) is 0 Å². The van der Waals surface area contributed by atoms with Crippen molar-refractivity contribution >= 4 is 34.1 Å². The van der Waals surface area contributed by atoms with Crippen molar-refractivity contribution in [3.8, 4) is 33.4 Å². The molecule has 9 aromatic carbocycles. The maximum absolute atomic E-state index is 2.55. The van der Waals surface area contributed by atoms with Crippen molar-refractivity contribution in [3.63, 3.8) is 0 Å². The molecular weight excluding hydrogens is 809 g/mol. The first kappa shape index (κ1) is 38.8. The van der Waals surface area contributed by atoms with E-state index in [2.05, 4.69) is 236 Å². The summed E-state index contributed by atoms with van der Waals surface area (Å²) in [5.41, 5.74) is 23.8. The van der Waals surface area contributed by atoms with Gasteiger partial charge >= 0.3 is 0 Å².